The molecule has 27 heavy (non-hydrogen) atoms. The van der Waals surface area contributed by atoms with Crippen LogP contribution in [-0.2, 0) is 19.3 Å². The van der Waals surface area contributed by atoms with Crippen molar-refractivity contribution in [1.29, 1.82) is 0 Å². The van der Waals surface area contributed by atoms with Crippen molar-refractivity contribution >= 4 is 33.1 Å². The second-order valence-corrected chi connectivity index (χ2v) is 7.88. The SMILES string of the molecule is Fc1ccccc1Nc1nc(Cc2ccccc2)nc2sc3c(c12)CCC3. The first kappa shape index (κ1) is 16.4. The number of aromatic nitrogens is 2. The van der Waals surface area contributed by atoms with E-state index >= 15 is 0 Å². The molecule has 0 atom stereocenters. The van der Waals surface area contributed by atoms with Gasteiger partial charge in [-0.25, -0.2) is 14.4 Å². The Hall–Kier alpha value is -2.79. The second kappa shape index (κ2) is 6.74. The lowest BCUT2D eigenvalue weighted by Crippen LogP contribution is -2.03. The van der Waals surface area contributed by atoms with Gasteiger partial charge < -0.3 is 5.32 Å². The van der Waals surface area contributed by atoms with E-state index in [9.17, 15) is 4.39 Å². The summed E-state index contributed by atoms with van der Waals surface area (Å²) in [6.07, 6.45) is 3.97. The predicted octanol–water partition coefficient (Wildman–Crippen LogP) is 5.65. The Morgan fingerprint density at radius 1 is 0.963 bits per heavy atom. The fourth-order valence-electron chi connectivity index (χ4n) is 3.68. The Morgan fingerprint density at radius 3 is 2.63 bits per heavy atom. The van der Waals surface area contributed by atoms with Crippen LogP contribution in [-0.4, -0.2) is 9.97 Å². The van der Waals surface area contributed by atoms with E-state index < -0.39 is 0 Å². The maximum Gasteiger partial charge on any atom is 0.146 e. The van der Waals surface area contributed by atoms with E-state index in [4.69, 9.17) is 9.97 Å². The van der Waals surface area contributed by atoms with E-state index in [-0.39, 0.29) is 5.82 Å². The number of hydrogen-bond acceptors (Lipinski definition) is 4. The first-order chi connectivity index (χ1) is 13.3. The highest BCUT2D eigenvalue weighted by Gasteiger charge is 2.23. The van der Waals surface area contributed by atoms with E-state index in [1.165, 1.54) is 22.9 Å². The van der Waals surface area contributed by atoms with Gasteiger partial charge in [0.1, 0.15) is 22.3 Å². The van der Waals surface area contributed by atoms with Gasteiger partial charge in [0.15, 0.2) is 0 Å². The summed E-state index contributed by atoms with van der Waals surface area (Å²) >= 11 is 1.76. The minimum Gasteiger partial charge on any atom is -0.337 e. The Bertz CT molecular complexity index is 1120. The molecule has 4 aromatic rings. The normalized spacial score (nSPS) is 13.1. The largest absolute Gasteiger partial charge is 0.337 e. The zero-order valence-electron chi connectivity index (χ0n) is 14.7. The van der Waals surface area contributed by atoms with Crippen LogP contribution in [0.15, 0.2) is 54.6 Å². The van der Waals surface area contributed by atoms with Gasteiger partial charge in [-0.15, -0.1) is 11.3 Å². The monoisotopic (exact) mass is 375 g/mol. The standard InChI is InChI=1S/C22H18FN3S/c23-16-10-4-5-11-17(16)24-21-20-15-9-6-12-18(15)27-22(20)26-19(25-21)13-14-7-2-1-3-8-14/h1-5,7-8,10-11H,6,9,12-13H2,(H,24,25,26). The number of anilines is 2. The average molecular weight is 375 g/mol. The number of halogens is 1. The minimum atomic E-state index is -0.277. The molecule has 5 heteroatoms. The molecule has 0 amide bonds. The van der Waals surface area contributed by atoms with Crippen LogP contribution < -0.4 is 5.32 Å². The van der Waals surface area contributed by atoms with Crippen LogP contribution in [0.25, 0.3) is 10.2 Å². The van der Waals surface area contributed by atoms with Crippen molar-refractivity contribution < 1.29 is 4.39 Å². The number of nitrogens with zero attached hydrogens (tertiary/aromatic N) is 2. The lowest BCUT2D eigenvalue weighted by molar-refractivity contribution is 0.632. The van der Waals surface area contributed by atoms with Gasteiger partial charge in [-0.05, 0) is 42.5 Å². The maximum atomic E-state index is 14.2. The minimum absolute atomic E-state index is 0.277. The van der Waals surface area contributed by atoms with Crippen LogP contribution in [0.4, 0.5) is 15.9 Å². The number of nitrogens with one attached hydrogen (secondary N) is 1. The van der Waals surface area contributed by atoms with Crippen molar-refractivity contribution in [3.8, 4) is 0 Å². The van der Waals surface area contributed by atoms with Crippen molar-refractivity contribution in [2.24, 2.45) is 0 Å². The van der Waals surface area contributed by atoms with E-state index in [0.717, 1.165) is 40.3 Å². The average Bonchev–Trinajstić information content (AvgIpc) is 3.25. The molecule has 0 saturated carbocycles. The van der Waals surface area contributed by atoms with Crippen LogP contribution in [0, 0.1) is 5.82 Å². The number of rotatable bonds is 4. The first-order valence-corrected chi connectivity index (χ1v) is 9.96. The highest BCUT2D eigenvalue weighted by Crippen LogP contribution is 2.40. The van der Waals surface area contributed by atoms with Gasteiger partial charge in [0.25, 0.3) is 0 Å². The molecule has 0 saturated heterocycles. The molecule has 2 heterocycles. The number of benzene rings is 2. The molecule has 1 aliphatic carbocycles. The Kier molecular flexibility index (Phi) is 4.09. The van der Waals surface area contributed by atoms with Crippen molar-refractivity contribution in [1.82, 2.24) is 9.97 Å². The van der Waals surface area contributed by atoms with Crippen molar-refractivity contribution in [3.05, 3.63) is 82.2 Å². The highest BCUT2D eigenvalue weighted by molar-refractivity contribution is 7.19. The highest BCUT2D eigenvalue weighted by atomic mass is 32.1. The number of hydrogen-bond donors (Lipinski definition) is 1. The zero-order chi connectivity index (χ0) is 18.2. The quantitative estimate of drug-likeness (QED) is 0.501. The van der Waals surface area contributed by atoms with Gasteiger partial charge in [-0.2, -0.15) is 0 Å². The Balaban J connectivity index is 1.63. The summed E-state index contributed by atoms with van der Waals surface area (Å²) in [4.78, 5) is 12.0. The maximum absolute atomic E-state index is 14.2. The molecule has 134 valence electrons. The van der Waals surface area contributed by atoms with Gasteiger partial charge >= 0.3 is 0 Å². The van der Waals surface area contributed by atoms with Crippen LogP contribution in [0.3, 0.4) is 0 Å². The third-order valence-electron chi connectivity index (χ3n) is 4.94. The van der Waals surface area contributed by atoms with Crippen molar-refractivity contribution in [3.63, 3.8) is 0 Å². The van der Waals surface area contributed by atoms with Gasteiger partial charge in [0.2, 0.25) is 0 Å². The summed E-state index contributed by atoms with van der Waals surface area (Å²) < 4.78 is 14.2. The summed E-state index contributed by atoms with van der Waals surface area (Å²) in [7, 11) is 0. The molecule has 1 aliphatic rings. The number of aryl methyl sites for hydroxylation is 2. The third-order valence-corrected chi connectivity index (χ3v) is 6.13. The van der Waals surface area contributed by atoms with Gasteiger partial charge in [0.05, 0.1) is 11.1 Å². The topological polar surface area (TPSA) is 37.8 Å². The lowest BCUT2D eigenvalue weighted by Gasteiger charge is -2.11. The molecule has 1 N–H and O–H groups in total. The number of fused-ring (bicyclic) bond motifs is 3. The third kappa shape index (κ3) is 3.08. The van der Waals surface area contributed by atoms with Crippen molar-refractivity contribution in [2.45, 2.75) is 25.7 Å². The van der Waals surface area contributed by atoms with Crippen LogP contribution in [0.1, 0.15) is 28.2 Å². The molecular weight excluding hydrogens is 357 g/mol. The summed E-state index contributed by atoms with van der Waals surface area (Å²) in [5.74, 6) is 1.20. The van der Waals surface area contributed by atoms with E-state index in [1.807, 2.05) is 24.3 Å². The fourth-order valence-corrected chi connectivity index (χ4v) is 4.96. The summed E-state index contributed by atoms with van der Waals surface area (Å²) in [5.41, 5.74) is 2.94. The van der Waals surface area contributed by atoms with E-state index in [0.29, 0.717) is 12.1 Å². The zero-order valence-corrected chi connectivity index (χ0v) is 15.5. The van der Waals surface area contributed by atoms with Crippen LogP contribution in [0.2, 0.25) is 0 Å². The molecule has 2 aromatic carbocycles. The molecule has 5 rings (SSSR count). The Labute approximate surface area is 160 Å². The van der Waals surface area contributed by atoms with Crippen LogP contribution in [0.5, 0.6) is 0 Å². The molecule has 0 bridgehead atoms. The summed E-state index contributed by atoms with van der Waals surface area (Å²) in [6, 6.07) is 16.9. The van der Waals surface area contributed by atoms with Gasteiger partial charge in [-0.1, -0.05) is 42.5 Å². The van der Waals surface area contributed by atoms with Crippen molar-refractivity contribution in [2.75, 3.05) is 5.32 Å². The molecule has 0 fully saturated rings. The molecular formula is C22H18FN3S. The summed E-state index contributed by atoms with van der Waals surface area (Å²) in [5, 5.41) is 4.30. The lowest BCUT2D eigenvalue weighted by atomic mass is 10.1. The molecule has 0 unspecified atom stereocenters. The molecule has 0 aliphatic heterocycles. The molecule has 3 nitrogen and oxygen atoms in total. The first-order valence-electron chi connectivity index (χ1n) is 9.14. The fraction of sp³-hybridized carbons (Fsp3) is 0.182. The number of thiophene rings is 1. The summed E-state index contributed by atoms with van der Waals surface area (Å²) in [6.45, 7) is 0. The smallest absolute Gasteiger partial charge is 0.146 e. The number of para-hydroxylation sites is 1. The van der Waals surface area contributed by atoms with Gasteiger partial charge in [-0.3, -0.25) is 0 Å². The Morgan fingerprint density at radius 2 is 1.78 bits per heavy atom. The van der Waals surface area contributed by atoms with Gasteiger partial charge in [0, 0.05) is 11.3 Å². The second-order valence-electron chi connectivity index (χ2n) is 6.79. The molecule has 0 spiro atoms. The predicted molar refractivity (Wildman–Crippen MR) is 108 cm³/mol. The van der Waals surface area contributed by atoms with Crippen LogP contribution >= 0.6 is 11.3 Å². The molecule has 0 radical (unpaired) electrons. The molecule has 2 aromatic heterocycles. The van der Waals surface area contributed by atoms with E-state index in [1.54, 1.807) is 23.5 Å². The van der Waals surface area contributed by atoms with E-state index in [2.05, 4.69) is 17.4 Å².